The summed E-state index contributed by atoms with van der Waals surface area (Å²) in [5.74, 6) is -0.340. The van der Waals surface area contributed by atoms with Crippen LogP contribution in [-0.2, 0) is 4.79 Å². The van der Waals surface area contributed by atoms with Crippen LogP contribution in [-0.4, -0.2) is 21.0 Å². The summed E-state index contributed by atoms with van der Waals surface area (Å²) in [5.41, 5.74) is 3.11. The summed E-state index contributed by atoms with van der Waals surface area (Å²) in [6.45, 7) is 5.34. The lowest BCUT2D eigenvalue weighted by molar-refractivity contribution is -0.119. The smallest absolute Gasteiger partial charge is 0.228 e. The second-order valence-electron chi connectivity index (χ2n) is 4.57. The number of rotatable bonds is 3. The molecule has 1 rings (SSSR count). The van der Waals surface area contributed by atoms with Crippen molar-refractivity contribution in [3.05, 3.63) is 29.3 Å². The molecule has 0 aliphatic carbocycles. The zero-order valence-electron chi connectivity index (χ0n) is 11.8. The highest BCUT2D eigenvalue weighted by molar-refractivity contribution is 7.80. The van der Waals surface area contributed by atoms with Crippen LogP contribution in [0.15, 0.2) is 18.2 Å². The largest absolute Gasteiger partial charge is 0.339 e. The molecule has 1 unspecified atom stereocenters. The fourth-order valence-corrected chi connectivity index (χ4v) is 2.08. The molecule has 8 heteroatoms. The molecule has 0 heterocycles. The number of hydrogen-bond donors (Lipinski definition) is 3. The van der Waals surface area contributed by atoms with Gasteiger partial charge in [0.05, 0.1) is 0 Å². The molecule has 0 aliphatic heterocycles. The summed E-state index contributed by atoms with van der Waals surface area (Å²) in [4.78, 5) is 11.1. The number of anilines is 1. The molecule has 1 atom stereocenters. The minimum atomic E-state index is -1.74. The highest BCUT2D eigenvalue weighted by Crippen LogP contribution is 2.29. The molecule has 21 heavy (non-hydrogen) atoms. The van der Waals surface area contributed by atoms with Gasteiger partial charge >= 0.3 is 0 Å². The van der Waals surface area contributed by atoms with Gasteiger partial charge in [-0.15, -0.1) is 0 Å². The second kappa shape index (κ2) is 7.49. The predicted molar refractivity (Wildman–Crippen MR) is 93.2 cm³/mol. The van der Waals surface area contributed by atoms with E-state index in [1.807, 2.05) is 32.0 Å². The Balaban J connectivity index is 2.73. The number of halogens is 3. The molecule has 0 saturated carbocycles. The highest BCUT2D eigenvalue weighted by Gasteiger charge is 2.33. The first-order valence-corrected chi connectivity index (χ1v) is 7.62. The SMILES string of the molecule is CC(=O)NC(NC(=S)Nc1ccc(C)c(C)c1)C(Cl)(Cl)Cl. The summed E-state index contributed by atoms with van der Waals surface area (Å²) in [6, 6.07) is 5.81. The standard InChI is InChI=1S/C13H16Cl3N3OS/c1-7-4-5-10(6-8(7)2)18-12(21)19-11(13(14,15)16)17-9(3)20/h4-6,11H,1-3H3,(H,17,20)(H2,18,19,21). The van der Waals surface area contributed by atoms with E-state index < -0.39 is 9.96 Å². The van der Waals surface area contributed by atoms with Crippen molar-refractivity contribution in [2.24, 2.45) is 0 Å². The Hall–Kier alpha value is -0.750. The van der Waals surface area contributed by atoms with Crippen LogP contribution in [0.25, 0.3) is 0 Å². The van der Waals surface area contributed by atoms with E-state index >= 15 is 0 Å². The molecular weight excluding hydrogens is 353 g/mol. The van der Waals surface area contributed by atoms with E-state index in [-0.39, 0.29) is 11.0 Å². The number of aryl methyl sites for hydroxylation is 2. The Kier molecular flexibility index (Phi) is 6.53. The van der Waals surface area contributed by atoms with Crippen LogP contribution in [0.1, 0.15) is 18.1 Å². The van der Waals surface area contributed by atoms with E-state index in [0.29, 0.717) is 0 Å². The number of nitrogens with one attached hydrogen (secondary N) is 3. The van der Waals surface area contributed by atoms with Crippen LogP contribution in [0.4, 0.5) is 5.69 Å². The average molecular weight is 369 g/mol. The first-order valence-electron chi connectivity index (χ1n) is 6.08. The second-order valence-corrected chi connectivity index (χ2v) is 7.35. The molecule has 0 bridgehead atoms. The van der Waals surface area contributed by atoms with Gasteiger partial charge in [0.1, 0.15) is 6.17 Å². The number of amides is 1. The van der Waals surface area contributed by atoms with Crippen LogP contribution >= 0.6 is 47.0 Å². The van der Waals surface area contributed by atoms with Crippen molar-refractivity contribution < 1.29 is 4.79 Å². The quantitative estimate of drug-likeness (QED) is 0.435. The van der Waals surface area contributed by atoms with Gasteiger partial charge in [-0.25, -0.2) is 0 Å². The summed E-state index contributed by atoms with van der Waals surface area (Å²) in [6.07, 6.45) is -0.938. The van der Waals surface area contributed by atoms with Crippen molar-refractivity contribution in [2.45, 2.75) is 30.7 Å². The van der Waals surface area contributed by atoms with Gasteiger partial charge in [-0.05, 0) is 49.3 Å². The molecule has 0 saturated heterocycles. The summed E-state index contributed by atoms with van der Waals surface area (Å²) >= 11 is 22.6. The Bertz CT molecular complexity index is 546. The number of carbonyl (C=O) groups is 1. The first-order chi connectivity index (χ1) is 9.59. The van der Waals surface area contributed by atoms with Gasteiger partial charge < -0.3 is 16.0 Å². The lowest BCUT2D eigenvalue weighted by atomic mass is 10.1. The normalized spacial score (nSPS) is 12.5. The maximum Gasteiger partial charge on any atom is 0.228 e. The molecule has 0 aliphatic rings. The molecule has 0 spiro atoms. The maximum absolute atomic E-state index is 11.1. The van der Waals surface area contributed by atoms with E-state index in [1.165, 1.54) is 12.5 Å². The minimum Gasteiger partial charge on any atom is -0.339 e. The molecule has 1 amide bonds. The molecule has 1 aromatic carbocycles. The Labute approximate surface area is 144 Å². The third kappa shape index (κ3) is 6.26. The number of benzene rings is 1. The fraction of sp³-hybridized carbons (Fsp3) is 0.385. The molecule has 4 nitrogen and oxygen atoms in total. The van der Waals surface area contributed by atoms with Crippen molar-refractivity contribution in [3.63, 3.8) is 0 Å². The van der Waals surface area contributed by atoms with Crippen LogP contribution in [0.3, 0.4) is 0 Å². The molecule has 116 valence electrons. The monoisotopic (exact) mass is 367 g/mol. The van der Waals surface area contributed by atoms with Gasteiger partial charge in [0.2, 0.25) is 9.70 Å². The molecule has 1 aromatic rings. The van der Waals surface area contributed by atoms with Gasteiger partial charge in [0.25, 0.3) is 0 Å². The topological polar surface area (TPSA) is 53.2 Å². The van der Waals surface area contributed by atoms with Gasteiger partial charge in [0.15, 0.2) is 5.11 Å². The Morgan fingerprint density at radius 3 is 2.29 bits per heavy atom. The van der Waals surface area contributed by atoms with Gasteiger partial charge in [-0.2, -0.15) is 0 Å². The molecular formula is C13H16Cl3N3OS. The van der Waals surface area contributed by atoms with Crippen LogP contribution < -0.4 is 16.0 Å². The van der Waals surface area contributed by atoms with E-state index in [4.69, 9.17) is 47.0 Å². The van der Waals surface area contributed by atoms with Crippen LogP contribution in [0.2, 0.25) is 0 Å². The van der Waals surface area contributed by atoms with Crippen molar-refractivity contribution >= 4 is 63.7 Å². The molecule has 0 fully saturated rings. The van der Waals surface area contributed by atoms with E-state index in [1.54, 1.807) is 0 Å². The van der Waals surface area contributed by atoms with E-state index in [0.717, 1.165) is 11.3 Å². The number of carbonyl (C=O) groups excluding carboxylic acids is 1. The Morgan fingerprint density at radius 2 is 1.81 bits per heavy atom. The summed E-state index contributed by atoms with van der Waals surface area (Å²) in [7, 11) is 0. The average Bonchev–Trinajstić information content (AvgIpc) is 2.31. The summed E-state index contributed by atoms with van der Waals surface area (Å²) in [5, 5.41) is 8.47. The number of hydrogen-bond acceptors (Lipinski definition) is 2. The molecule has 0 aromatic heterocycles. The molecule has 3 N–H and O–H groups in total. The van der Waals surface area contributed by atoms with Crippen molar-refractivity contribution in [3.8, 4) is 0 Å². The van der Waals surface area contributed by atoms with Gasteiger partial charge in [-0.3, -0.25) is 4.79 Å². The number of alkyl halides is 3. The zero-order chi connectivity index (χ0) is 16.2. The summed E-state index contributed by atoms with van der Waals surface area (Å²) < 4.78 is -1.74. The lowest BCUT2D eigenvalue weighted by Crippen LogP contribution is -2.55. The van der Waals surface area contributed by atoms with E-state index in [9.17, 15) is 4.79 Å². The predicted octanol–water partition coefficient (Wildman–Crippen LogP) is 3.42. The van der Waals surface area contributed by atoms with Crippen LogP contribution in [0.5, 0.6) is 0 Å². The third-order valence-corrected chi connectivity index (χ3v) is 3.59. The van der Waals surface area contributed by atoms with Gasteiger partial charge in [0, 0.05) is 12.6 Å². The van der Waals surface area contributed by atoms with E-state index in [2.05, 4.69) is 16.0 Å². The zero-order valence-corrected chi connectivity index (χ0v) is 14.8. The maximum atomic E-state index is 11.1. The van der Waals surface area contributed by atoms with Gasteiger partial charge in [-0.1, -0.05) is 40.9 Å². The Morgan fingerprint density at radius 1 is 1.19 bits per heavy atom. The minimum absolute atomic E-state index is 0.239. The van der Waals surface area contributed by atoms with Crippen LogP contribution in [0, 0.1) is 13.8 Å². The van der Waals surface area contributed by atoms with Crippen molar-refractivity contribution in [2.75, 3.05) is 5.32 Å². The molecule has 0 radical (unpaired) electrons. The highest BCUT2D eigenvalue weighted by atomic mass is 35.6. The first kappa shape index (κ1) is 18.3. The fourth-order valence-electron chi connectivity index (χ4n) is 1.52. The van der Waals surface area contributed by atoms with Crippen molar-refractivity contribution in [1.82, 2.24) is 10.6 Å². The lowest BCUT2D eigenvalue weighted by Gasteiger charge is -2.27. The third-order valence-electron chi connectivity index (χ3n) is 2.72. The number of thiocarbonyl (C=S) groups is 1. The van der Waals surface area contributed by atoms with Crippen molar-refractivity contribution in [1.29, 1.82) is 0 Å².